The van der Waals surface area contributed by atoms with Crippen LogP contribution >= 0.6 is 24.0 Å². The highest BCUT2D eigenvalue weighted by molar-refractivity contribution is 8.23. The molecule has 1 aromatic heterocycles. The quantitative estimate of drug-likeness (QED) is 0.792. The van der Waals surface area contributed by atoms with Crippen molar-refractivity contribution in [2.75, 3.05) is 25.5 Å². The standard InChI is InChI=1S/C12H17N3OS2/c1-9-7-11(16-13-9)10-3-2-4-14(10)8-15-5-6-18-12(15)17/h7,10H,2-6,8H2,1H3/t10-/m0/s1. The van der Waals surface area contributed by atoms with Gasteiger partial charge in [0.05, 0.1) is 18.4 Å². The second kappa shape index (κ2) is 5.19. The minimum atomic E-state index is 0.375. The average Bonchev–Trinajstić information content (AvgIpc) is 3.03. The Morgan fingerprint density at radius 2 is 2.44 bits per heavy atom. The van der Waals surface area contributed by atoms with Gasteiger partial charge in [0.25, 0.3) is 0 Å². The molecule has 0 radical (unpaired) electrons. The first kappa shape index (κ1) is 12.4. The highest BCUT2D eigenvalue weighted by Crippen LogP contribution is 2.33. The maximum absolute atomic E-state index is 5.42. The summed E-state index contributed by atoms with van der Waals surface area (Å²) in [6, 6.07) is 2.43. The number of hydrogen-bond donors (Lipinski definition) is 0. The van der Waals surface area contributed by atoms with Crippen LogP contribution in [0, 0.1) is 6.92 Å². The summed E-state index contributed by atoms with van der Waals surface area (Å²) in [5.74, 6) is 2.13. The summed E-state index contributed by atoms with van der Waals surface area (Å²) < 4.78 is 6.46. The topological polar surface area (TPSA) is 32.5 Å². The van der Waals surface area contributed by atoms with Gasteiger partial charge in [-0.1, -0.05) is 29.1 Å². The minimum absolute atomic E-state index is 0.375. The molecular weight excluding hydrogens is 266 g/mol. The second-order valence-electron chi connectivity index (χ2n) is 4.86. The van der Waals surface area contributed by atoms with E-state index in [4.69, 9.17) is 16.7 Å². The van der Waals surface area contributed by atoms with Crippen molar-refractivity contribution in [1.82, 2.24) is 15.0 Å². The zero-order valence-corrected chi connectivity index (χ0v) is 12.1. The van der Waals surface area contributed by atoms with Gasteiger partial charge in [0.2, 0.25) is 0 Å². The molecule has 18 heavy (non-hydrogen) atoms. The van der Waals surface area contributed by atoms with Gasteiger partial charge in [-0.2, -0.15) is 0 Å². The van der Waals surface area contributed by atoms with E-state index in [2.05, 4.69) is 21.0 Å². The number of thiocarbonyl (C=S) groups is 1. The molecule has 4 nitrogen and oxygen atoms in total. The molecule has 0 amide bonds. The van der Waals surface area contributed by atoms with Crippen LogP contribution in [0.15, 0.2) is 10.6 Å². The zero-order chi connectivity index (χ0) is 12.5. The molecule has 2 fully saturated rings. The van der Waals surface area contributed by atoms with Crippen molar-refractivity contribution in [2.24, 2.45) is 0 Å². The summed E-state index contributed by atoms with van der Waals surface area (Å²) in [5, 5.41) is 4.00. The molecule has 2 aliphatic rings. The van der Waals surface area contributed by atoms with Crippen molar-refractivity contribution >= 4 is 28.3 Å². The third kappa shape index (κ3) is 2.41. The van der Waals surface area contributed by atoms with E-state index >= 15 is 0 Å². The second-order valence-corrected chi connectivity index (χ2v) is 6.59. The molecule has 98 valence electrons. The van der Waals surface area contributed by atoms with Crippen LogP contribution in [0.1, 0.15) is 30.3 Å². The predicted octanol–water partition coefficient (Wildman–Crippen LogP) is 2.41. The predicted molar refractivity (Wildman–Crippen MR) is 76.6 cm³/mol. The van der Waals surface area contributed by atoms with Gasteiger partial charge in [-0.3, -0.25) is 4.90 Å². The van der Waals surface area contributed by atoms with Gasteiger partial charge in [0, 0.05) is 24.9 Å². The summed E-state index contributed by atoms with van der Waals surface area (Å²) in [6.07, 6.45) is 2.38. The Labute approximate surface area is 117 Å². The highest BCUT2D eigenvalue weighted by Gasteiger charge is 2.31. The number of nitrogens with zero attached hydrogens (tertiary/aromatic N) is 3. The van der Waals surface area contributed by atoms with Crippen LogP contribution in [0.5, 0.6) is 0 Å². The molecule has 0 spiro atoms. The van der Waals surface area contributed by atoms with Gasteiger partial charge in [-0.25, -0.2) is 0 Å². The van der Waals surface area contributed by atoms with E-state index in [1.165, 1.54) is 6.42 Å². The van der Waals surface area contributed by atoms with Crippen LogP contribution in [0.3, 0.4) is 0 Å². The highest BCUT2D eigenvalue weighted by atomic mass is 32.2. The summed E-state index contributed by atoms with van der Waals surface area (Å²) in [6.45, 7) is 5.09. The fraction of sp³-hybridized carbons (Fsp3) is 0.667. The Bertz CT molecular complexity index is 448. The van der Waals surface area contributed by atoms with Gasteiger partial charge < -0.3 is 9.42 Å². The lowest BCUT2D eigenvalue weighted by molar-refractivity contribution is 0.159. The molecule has 6 heteroatoms. The van der Waals surface area contributed by atoms with Gasteiger partial charge in [0.15, 0.2) is 5.76 Å². The Morgan fingerprint density at radius 1 is 1.56 bits per heavy atom. The Balaban J connectivity index is 1.69. The lowest BCUT2D eigenvalue weighted by Gasteiger charge is -2.28. The molecule has 2 aliphatic heterocycles. The molecule has 0 bridgehead atoms. The lowest BCUT2D eigenvalue weighted by atomic mass is 10.1. The van der Waals surface area contributed by atoms with Crippen LogP contribution in [0.4, 0.5) is 0 Å². The first-order chi connectivity index (χ1) is 8.74. The fourth-order valence-electron chi connectivity index (χ4n) is 2.63. The van der Waals surface area contributed by atoms with E-state index in [9.17, 15) is 0 Å². The Hall–Kier alpha value is -0.590. The molecule has 0 unspecified atom stereocenters. The van der Waals surface area contributed by atoms with Gasteiger partial charge in [-0.05, 0) is 19.8 Å². The minimum Gasteiger partial charge on any atom is -0.359 e. The van der Waals surface area contributed by atoms with Crippen LogP contribution in [-0.4, -0.2) is 44.8 Å². The molecular formula is C12H17N3OS2. The Kier molecular flexibility index (Phi) is 3.59. The third-order valence-corrected chi connectivity index (χ3v) is 5.04. The smallest absolute Gasteiger partial charge is 0.154 e. The van der Waals surface area contributed by atoms with Crippen molar-refractivity contribution in [3.8, 4) is 0 Å². The van der Waals surface area contributed by atoms with E-state index in [1.807, 2.05) is 6.92 Å². The van der Waals surface area contributed by atoms with Crippen molar-refractivity contribution < 1.29 is 4.52 Å². The van der Waals surface area contributed by atoms with Crippen molar-refractivity contribution in [2.45, 2.75) is 25.8 Å². The molecule has 0 N–H and O–H groups in total. The molecule has 3 heterocycles. The number of aryl methyl sites for hydroxylation is 1. The molecule has 3 rings (SSSR count). The summed E-state index contributed by atoms with van der Waals surface area (Å²) >= 11 is 7.15. The van der Waals surface area contributed by atoms with Gasteiger partial charge in [0.1, 0.15) is 4.32 Å². The van der Waals surface area contributed by atoms with Crippen molar-refractivity contribution in [3.63, 3.8) is 0 Å². The lowest BCUT2D eigenvalue weighted by Crippen LogP contribution is -2.37. The number of aromatic nitrogens is 1. The molecule has 0 aromatic carbocycles. The largest absolute Gasteiger partial charge is 0.359 e. The van der Waals surface area contributed by atoms with Crippen LogP contribution in [-0.2, 0) is 0 Å². The summed E-state index contributed by atoms with van der Waals surface area (Å²) in [7, 11) is 0. The van der Waals surface area contributed by atoms with Crippen LogP contribution in [0.2, 0.25) is 0 Å². The van der Waals surface area contributed by atoms with E-state index in [0.29, 0.717) is 6.04 Å². The normalized spacial score (nSPS) is 25.3. The Morgan fingerprint density at radius 3 is 3.11 bits per heavy atom. The maximum Gasteiger partial charge on any atom is 0.154 e. The van der Waals surface area contributed by atoms with Crippen LogP contribution < -0.4 is 0 Å². The molecule has 2 saturated heterocycles. The maximum atomic E-state index is 5.42. The zero-order valence-electron chi connectivity index (χ0n) is 10.5. The number of rotatable bonds is 3. The fourth-order valence-corrected chi connectivity index (χ4v) is 3.85. The third-order valence-electron chi connectivity index (χ3n) is 3.54. The van der Waals surface area contributed by atoms with Crippen LogP contribution in [0.25, 0.3) is 0 Å². The summed E-state index contributed by atoms with van der Waals surface area (Å²) in [4.78, 5) is 4.75. The first-order valence-corrected chi connectivity index (χ1v) is 7.72. The van der Waals surface area contributed by atoms with Gasteiger partial charge in [-0.15, -0.1) is 0 Å². The monoisotopic (exact) mass is 283 g/mol. The van der Waals surface area contributed by atoms with E-state index in [-0.39, 0.29) is 0 Å². The molecule has 1 aromatic rings. The first-order valence-electron chi connectivity index (χ1n) is 6.33. The van der Waals surface area contributed by atoms with Crippen molar-refractivity contribution in [1.29, 1.82) is 0 Å². The number of likely N-dealkylation sites (tertiary alicyclic amines) is 1. The average molecular weight is 283 g/mol. The molecule has 0 saturated carbocycles. The van der Waals surface area contributed by atoms with E-state index < -0.39 is 0 Å². The van der Waals surface area contributed by atoms with E-state index in [0.717, 1.165) is 47.7 Å². The molecule has 1 atom stereocenters. The summed E-state index contributed by atoms with van der Waals surface area (Å²) in [5.41, 5.74) is 0.962. The van der Waals surface area contributed by atoms with E-state index in [1.54, 1.807) is 11.8 Å². The molecule has 0 aliphatic carbocycles. The SMILES string of the molecule is Cc1cc([C@@H]2CCCN2CN2CCSC2=S)on1. The van der Waals surface area contributed by atoms with Crippen molar-refractivity contribution in [3.05, 3.63) is 17.5 Å². The number of thioether (sulfide) groups is 1. The number of hydrogen-bond acceptors (Lipinski definition) is 5. The van der Waals surface area contributed by atoms with Gasteiger partial charge >= 0.3 is 0 Å².